The van der Waals surface area contributed by atoms with Gasteiger partial charge in [-0.2, -0.15) is 0 Å². The Balaban J connectivity index is 2.71. The van der Waals surface area contributed by atoms with Crippen LogP contribution in [0.5, 0.6) is 0 Å². The quantitative estimate of drug-likeness (QED) is 0.608. The van der Waals surface area contributed by atoms with Crippen LogP contribution in [-0.4, -0.2) is 4.98 Å². The highest BCUT2D eigenvalue weighted by atomic mass is 14.7. The Morgan fingerprint density at radius 3 is 2.75 bits per heavy atom. The Bertz CT molecular complexity index is 270. The maximum absolute atomic E-state index is 4.33. The summed E-state index contributed by atoms with van der Waals surface area (Å²) in [6, 6.07) is 4.19. The van der Waals surface area contributed by atoms with Gasteiger partial charge in [0.1, 0.15) is 0 Å². The minimum atomic E-state index is 0.969. The Kier molecular flexibility index (Phi) is 3.03. The monoisotopic (exact) mass is 161 g/mol. The van der Waals surface area contributed by atoms with Gasteiger partial charge in [0, 0.05) is 18.3 Å². The van der Waals surface area contributed by atoms with Gasteiger partial charge in [-0.05, 0) is 32.4 Å². The third-order valence-corrected chi connectivity index (χ3v) is 1.93. The molecular formula is C11H15N. The summed E-state index contributed by atoms with van der Waals surface area (Å²) in [7, 11) is 0. The van der Waals surface area contributed by atoms with Crippen LogP contribution in [0.25, 0.3) is 0 Å². The molecule has 0 aliphatic rings. The molecule has 0 saturated carbocycles. The SMILES string of the molecule is CC=C(C)Cc1ccc(C)cn1. The number of nitrogens with zero attached hydrogens (tertiary/aromatic N) is 1. The fourth-order valence-corrected chi connectivity index (χ4v) is 0.991. The Morgan fingerprint density at radius 1 is 1.50 bits per heavy atom. The van der Waals surface area contributed by atoms with Crippen LogP contribution >= 0.6 is 0 Å². The van der Waals surface area contributed by atoms with Crippen molar-refractivity contribution in [3.05, 3.63) is 41.2 Å². The summed E-state index contributed by atoms with van der Waals surface area (Å²) in [5.41, 5.74) is 3.74. The first-order valence-electron chi connectivity index (χ1n) is 4.25. The first-order valence-corrected chi connectivity index (χ1v) is 4.25. The van der Waals surface area contributed by atoms with Gasteiger partial charge in [0.25, 0.3) is 0 Å². The van der Waals surface area contributed by atoms with Crippen molar-refractivity contribution >= 4 is 0 Å². The van der Waals surface area contributed by atoms with E-state index >= 15 is 0 Å². The largest absolute Gasteiger partial charge is 0.261 e. The molecule has 0 bridgehead atoms. The van der Waals surface area contributed by atoms with Gasteiger partial charge in [0.15, 0.2) is 0 Å². The molecule has 1 rings (SSSR count). The first kappa shape index (κ1) is 8.98. The first-order chi connectivity index (χ1) is 5.72. The van der Waals surface area contributed by atoms with E-state index in [0.717, 1.165) is 12.1 Å². The molecule has 0 fully saturated rings. The minimum absolute atomic E-state index is 0.969. The summed E-state index contributed by atoms with van der Waals surface area (Å²) in [6.45, 7) is 6.24. The van der Waals surface area contributed by atoms with Crippen LogP contribution in [0.4, 0.5) is 0 Å². The zero-order valence-electron chi connectivity index (χ0n) is 7.96. The van der Waals surface area contributed by atoms with Crippen molar-refractivity contribution in [1.29, 1.82) is 0 Å². The molecule has 1 heterocycles. The average molecular weight is 161 g/mol. The Morgan fingerprint density at radius 2 is 2.25 bits per heavy atom. The maximum atomic E-state index is 4.33. The van der Waals surface area contributed by atoms with Crippen molar-refractivity contribution in [2.75, 3.05) is 0 Å². The molecule has 0 aromatic carbocycles. The fraction of sp³-hybridized carbons (Fsp3) is 0.364. The second-order valence-corrected chi connectivity index (χ2v) is 3.14. The molecule has 64 valence electrons. The molecule has 0 N–H and O–H groups in total. The van der Waals surface area contributed by atoms with Crippen molar-refractivity contribution in [2.45, 2.75) is 27.2 Å². The van der Waals surface area contributed by atoms with Crippen molar-refractivity contribution in [3.63, 3.8) is 0 Å². The van der Waals surface area contributed by atoms with Crippen LogP contribution in [-0.2, 0) is 6.42 Å². The van der Waals surface area contributed by atoms with Gasteiger partial charge >= 0.3 is 0 Å². The normalized spacial score (nSPS) is 11.8. The predicted octanol–water partition coefficient (Wildman–Crippen LogP) is 2.90. The lowest BCUT2D eigenvalue weighted by molar-refractivity contribution is 1.03. The Hall–Kier alpha value is -1.11. The molecule has 0 spiro atoms. The fourth-order valence-electron chi connectivity index (χ4n) is 0.991. The summed E-state index contributed by atoms with van der Waals surface area (Å²) in [5.74, 6) is 0. The topological polar surface area (TPSA) is 12.9 Å². The second-order valence-electron chi connectivity index (χ2n) is 3.14. The van der Waals surface area contributed by atoms with Gasteiger partial charge in [0.05, 0.1) is 0 Å². The number of hydrogen-bond donors (Lipinski definition) is 0. The molecule has 0 aliphatic carbocycles. The van der Waals surface area contributed by atoms with E-state index in [1.165, 1.54) is 11.1 Å². The number of aryl methyl sites for hydroxylation is 1. The number of pyridine rings is 1. The van der Waals surface area contributed by atoms with E-state index in [4.69, 9.17) is 0 Å². The molecule has 0 amide bonds. The molecule has 0 radical (unpaired) electrons. The van der Waals surface area contributed by atoms with Gasteiger partial charge in [0.2, 0.25) is 0 Å². The third-order valence-electron chi connectivity index (χ3n) is 1.93. The van der Waals surface area contributed by atoms with E-state index in [1.807, 2.05) is 6.20 Å². The van der Waals surface area contributed by atoms with Crippen molar-refractivity contribution in [2.24, 2.45) is 0 Å². The van der Waals surface area contributed by atoms with Gasteiger partial charge < -0.3 is 0 Å². The van der Waals surface area contributed by atoms with Crippen LogP contribution in [0.2, 0.25) is 0 Å². The molecule has 12 heavy (non-hydrogen) atoms. The van der Waals surface area contributed by atoms with E-state index in [2.05, 4.69) is 44.0 Å². The van der Waals surface area contributed by atoms with Crippen molar-refractivity contribution < 1.29 is 0 Å². The number of rotatable bonds is 2. The molecule has 0 atom stereocenters. The highest BCUT2D eigenvalue weighted by molar-refractivity contribution is 5.16. The highest BCUT2D eigenvalue weighted by Gasteiger charge is 1.94. The van der Waals surface area contributed by atoms with Crippen molar-refractivity contribution in [1.82, 2.24) is 4.98 Å². The zero-order chi connectivity index (χ0) is 8.97. The van der Waals surface area contributed by atoms with Crippen molar-refractivity contribution in [3.8, 4) is 0 Å². The summed E-state index contributed by atoms with van der Waals surface area (Å²) in [6.07, 6.45) is 5.01. The molecular weight excluding hydrogens is 146 g/mol. The average Bonchev–Trinajstić information content (AvgIpc) is 2.09. The standard InChI is InChI=1S/C11H15N/c1-4-9(2)7-11-6-5-10(3)8-12-11/h4-6,8H,7H2,1-3H3. The van der Waals surface area contributed by atoms with Gasteiger partial charge in [-0.25, -0.2) is 0 Å². The lowest BCUT2D eigenvalue weighted by atomic mass is 10.1. The predicted molar refractivity (Wildman–Crippen MR) is 52.1 cm³/mol. The lowest BCUT2D eigenvalue weighted by Crippen LogP contribution is -1.90. The van der Waals surface area contributed by atoms with Crippen LogP contribution in [0.15, 0.2) is 30.0 Å². The van der Waals surface area contributed by atoms with Crippen LogP contribution in [0, 0.1) is 6.92 Å². The number of allylic oxidation sites excluding steroid dienone is 2. The molecule has 0 unspecified atom stereocenters. The van der Waals surface area contributed by atoms with Gasteiger partial charge in [-0.3, -0.25) is 4.98 Å². The van der Waals surface area contributed by atoms with Crippen LogP contribution < -0.4 is 0 Å². The summed E-state index contributed by atoms with van der Waals surface area (Å²) >= 11 is 0. The number of hydrogen-bond acceptors (Lipinski definition) is 1. The second kappa shape index (κ2) is 4.05. The maximum Gasteiger partial charge on any atom is 0.0444 e. The molecule has 1 nitrogen and oxygen atoms in total. The molecule has 1 aromatic heterocycles. The lowest BCUT2D eigenvalue weighted by Gasteiger charge is -2.00. The summed E-state index contributed by atoms with van der Waals surface area (Å²) < 4.78 is 0. The molecule has 0 aliphatic heterocycles. The van der Waals surface area contributed by atoms with Crippen LogP contribution in [0.3, 0.4) is 0 Å². The van der Waals surface area contributed by atoms with E-state index in [-0.39, 0.29) is 0 Å². The smallest absolute Gasteiger partial charge is 0.0444 e. The van der Waals surface area contributed by atoms with Gasteiger partial charge in [-0.15, -0.1) is 0 Å². The summed E-state index contributed by atoms with van der Waals surface area (Å²) in [5, 5.41) is 0. The minimum Gasteiger partial charge on any atom is -0.261 e. The molecule has 1 heteroatoms. The van der Waals surface area contributed by atoms with E-state index in [9.17, 15) is 0 Å². The van der Waals surface area contributed by atoms with E-state index in [1.54, 1.807) is 0 Å². The van der Waals surface area contributed by atoms with E-state index in [0.29, 0.717) is 0 Å². The third kappa shape index (κ3) is 2.50. The molecule has 1 aromatic rings. The number of aromatic nitrogens is 1. The summed E-state index contributed by atoms with van der Waals surface area (Å²) in [4.78, 5) is 4.33. The zero-order valence-corrected chi connectivity index (χ0v) is 7.96. The highest BCUT2D eigenvalue weighted by Crippen LogP contribution is 2.05. The van der Waals surface area contributed by atoms with E-state index < -0.39 is 0 Å². The van der Waals surface area contributed by atoms with Gasteiger partial charge in [-0.1, -0.05) is 17.7 Å². The van der Waals surface area contributed by atoms with Crippen LogP contribution in [0.1, 0.15) is 25.1 Å². The molecule has 0 saturated heterocycles. The Labute approximate surface area is 74.2 Å².